The molecule has 1 atom stereocenters. The minimum absolute atomic E-state index is 0.0458. The molecule has 1 unspecified atom stereocenters. The van der Waals surface area contributed by atoms with Gasteiger partial charge >= 0.3 is 0 Å². The van der Waals surface area contributed by atoms with E-state index >= 15 is 0 Å². The van der Waals surface area contributed by atoms with Crippen LogP contribution in [0.15, 0.2) is 42.5 Å². The smallest absolute Gasteiger partial charge is 0.0942 e. The van der Waals surface area contributed by atoms with Crippen molar-refractivity contribution in [1.82, 2.24) is 0 Å². The number of aliphatic hydroxyl groups excluding tert-OH is 1. The predicted molar refractivity (Wildman–Crippen MR) is 79.0 cm³/mol. The Morgan fingerprint density at radius 2 is 1.83 bits per heavy atom. The van der Waals surface area contributed by atoms with Crippen LogP contribution >= 0.6 is 11.8 Å². The van der Waals surface area contributed by atoms with Crippen LogP contribution in [0.4, 0.5) is 0 Å². The van der Waals surface area contributed by atoms with Crippen molar-refractivity contribution in [3.05, 3.63) is 48.0 Å². The molecule has 0 spiro atoms. The van der Waals surface area contributed by atoms with Gasteiger partial charge in [0.05, 0.1) is 6.10 Å². The number of hydrogen-bond donors (Lipinski definition) is 1. The van der Waals surface area contributed by atoms with Gasteiger partial charge in [-0.25, -0.2) is 0 Å². The zero-order chi connectivity index (χ0) is 12.6. The lowest BCUT2D eigenvalue weighted by Gasteiger charge is -2.44. The maximum absolute atomic E-state index is 10.8. The Hall–Kier alpha value is -0.990. The van der Waals surface area contributed by atoms with Crippen molar-refractivity contribution in [2.45, 2.75) is 30.1 Å². The third kappa shape index (κ3) is 1.75. The molecular weight excluding hydrogens is 240 g/mol. The topological polar surface area (TPSA) is 20.2 Å². The summed E-state index contributed by atoms with van der Waals surface area (Å²) in [5.74, 6) is 0. The Morgan fingerprint density at radius 1 is 1.11 bits per heavy atom. The summed E-state index contributed by atoms with van der Waals surface area (Å²) in [5.41, 5.74) is 1.09. The summed E-state index contributed by atoms with van der Waals surface area (Å²) >= 11 is 1.82. The maximum atomic E-state index is 10.8. The minimum Gasteiger partial charge on any atom is -0.387 e. The van der Waals surface area contributed by atoms with Crippen LogP contribution in [0.5, 0.6) is 0 Å². The van der Waals surface area contributed by atoms with Gasteiger partial charge in [0.1, 0.15) is 0 Å². The molecule has 1 N–H and O–H groups in total. The molecule has 18 heavy (non-hydrogen) atoms. The second kappa shape index (κ2) is 4.60. The van der Waals surface area contributed by atoms with E-state index in [1.165, 1.54) is 17.2 Å². The van der Waals surface area contributed by atoms with E-state index in [9.17, 15) is 5.11 Å². The van der Waals surface area contributed by atoms with Gasteiger partial charge in [-0.2, -0.15) is 11.8 Å². The van der Waals surface area contributed by atoms with Gasteiger partial charge < -0.3 is 5.11 Å². The molecule has 1 aliphatic rings. The molecule has 0 heterocycles. The number of fused-ring (bicyclic) bond motifs is 1. The normalized spacial score (nSPS) is 19.4. The molecular formula is C16H18OS. The van der Waals surface area contributed by atoms with Crippen molar-refractivity contribution in [2.75, 3.05) is 6.26 Å². The van der Waals surface area contributed by atoms with Gasteiger partial charge in [0.25, 0.3) is 0 Å². The molecule has 0 aromatic heterocycles. The zero-order valence-corrected chi connectivity index (χ0v) is 11.4. The molecule has 0 radical (unpaired) electrons. The van der Waals surface area contributed by atoms with E-state index < -0.39 is 0 Å². The number of hydrogen-bond acceptors (Lipinski definition) is 2. The van der Waals surface area contributed by atoms with Crippen LogP contribution in [0.1, 0.15) is 30.9 Å². The van der Waals surface area contributed by atoms with Crippen LogP contribution in [0.2, 0.25) is 0 Å². The first-order chi connectivity index (χ1) is 8.77. The summed E-state index contributed by atoms with van der Waals surface area (Å²) in [7, 11) is 0. The summed E-state index contributed by atoms with van der Waals surface area (Å²) < 4.78 is 0.0458. The van der Waals surface area contributed by atoms with E-state index in [1.807, 2.05) is 30.0 Å². The van der Waals surface area contributed by atoms with Gasteiger partial charge in [0, 0.05) is 4.75 Å². The van der Waals surface area contributed by atoms with Gasteiger partial charge in [-0.05, 0) is 35.4 Å². The van der Waals surface area contributed by atoms with E-state index in [-0.39, 0.29) is 10.9 Å². The Balaban J connectivity index is 2.09. The number of thioether (sulfide) groups is 1. The van der Waals surface area contributed by atoms with E-state index in [2.05, 4.69) is 30.5 Å². The zero-order valence-electron chi connectivity index (χ0n) is 10.6. The van der Waals surface area contributed by atoms with Crippen LogP contribution in [0.25, 0.3) is 10.8 Å². The van der Waals surface area contributed by atoms with Crippen molar-refractivity contribution in [3.8, 4) is 0 Å². The Bertz CT molecular complexity index is 549. The van der Waals surface area contributed by atoms with Gasteiger partial charge in [-0.15, -0.1) is 0 Å². The molecule has 1 fully saturated rings. The Kier molecular flexibility index (Phi) is 3.08. The molecule has 1 saturated carbocycles. The van der Waals surface area contributed by atoms with Gasteiger partial charge in [0.15, 0.2) is 0 Å². The molecule has 0 bridgehead atoms. The lowest BCUT2D eigenvalue weighted by Crippen LogP contribution is -2.39. The highest BCUT2D eigenvalue weighted by molar-refractivity contribution is 8.00. The van der Waals surface area contributed by atoms with Crippen molar-refractivity contribution in [3.63, 3.8) is 0 Å². The first-order valence-corrected chi connectivity index (χ1v) is 7.70. The van der Waals surface area contributed by atoms with Crippen LogP contribution in [0, 0.1) is 0 Å². The third-order valence-corrected chi connectivity index (χ3v) is 5.67. The maximum Gasteiger partial charge on any atom is 0.0942 e. The number of benzene rings is 2. The van der Waals surface area contributed by atoms with Crippen molar-refractivity contribution in [1.29, 1.82) is 0 Å². The third-order valence-electron chi connectivity index (χ3n) is 4.22. The molecule has 2 aromatic carbocycles. The highest BCUT2D eigenvalue weighted by Gasteiger charge is 2.43. The second-order valence-corrected chi connectivity index (χ2v) is 6.31. The van der Waals surface area contributed by atoms with Crippen molar-refractivity contribution < 1.29 is 5.11 Å². The predicted octanol–water partition coefficient (Wildman–Crippen LogP) is 4.16. The largest absolute Gasteiger partial charge is 0.387 e. The molecule has 2 aromatic rings. The monoisotopic (exact) mass is 258 g/mol. The first kappa shape index (κ1) is 12.1. The molecule has 2 heteroatoms. The molecule has 1 nitrogen and oxygen atoms in total. The molecule has 3 rings (SSSR count). The summed E-state index contributed by atoms with van der Waals surface area (Å²) in [4.78, 5) is 0. The summed E-state index contributed by atoms with van der Waals surface area (Å²) in [6.45, 7) is 0. The number of rotatable bonds is 3. The first-order valence-electron chi connectivity index (χ1n) is 6.48. The summed E-state index contributed by atoms with van der Waals surface area (Å²) in [6, 6.07) is 14.5. The quantitative estimate of drug-likeness (QED) is 0.892. The average molecular weight is 258 g/mol. The lowest BCUT2D eigenvalue weighted by atomic mass is 9.76. The fourth-order valence-corrected chi connectivity index (χ4v) is 3.93. The Morgan fingerprint density at radius 3 is 2.50 bits per heavy atom. The van der Waals surface area contributed by atoms with Crippen LogP contribution < -0.4 is 0 Å². The van der Waals surface area contributed by atoms with Gasteiger partial charge in [-0.1, -0.05) is 48.9 Å². The minimum atomic E-state index is -0.354. The van der Waals surface area contributed by atoms with Crippen molar-refractivity contribution >= 4 is 22.5 Å². The number of aliphatic hydroxyl groups is 1. The standard InChI is InChI=1S/C16H18OS/c1-18-16(10-5-11-16)15(17)14-9-4-7-12-6-2-3-8-13(12)14/h2-4,6-9,15,17H,5,10-11H2,1H3. The SMILES string of the molecule is CSC1(C(O)c2cccc3ccccc23)CCC1. The molecule has 1 aliphatic carbocycles. The fraction of sp³-hybridized carbons (Fsp3) is 0.375. The van der Waals surface area contributed by atoms with E-state index in [0.29, 0.717) is 0 Å². The highest BCUT2D eigenvalue weighted by atomic mass is 32.2. The van der Waals surface area contributed by atoms with E-state index in [0.717, 1.165) is 18.4 Å². The van der Waals surface area contributed by atoms with E-state index in [1.54, 1.807) is 0 Å². The highest BCUT2D eigenvalue weighted by Crippen LogP contribution is 2.51. The molecule has 0 aliphatic heterocycles. The average Bonchev–Trinajstić information content (AvgIpc) is 2.37. The second-order valence-electron chi connectivity index (χ2n) is 5.09. The summed E-state index contributed by atoms with van der Waals surface area (Å²) in [6.07, 6.45) is 5.25. The van der Waals surface area contributed by atoms with Gasteiger partial charge in [-0.3, -0.25) is 0 Å². The van der Waals surface area contributed by atoms with Gasteiger partial charge in [0.2, 0.25) is 0 Å². The molecule has 94 valence electrons. The van der Waals surface area contributed by atoms with Crippen LogP contribution in [-0.4, -0.2) is 16.1 Å². The molecule has 0 amide bonds. The Labute approximate surface area is 112 Å². The molecule has 0 saturated heterocycles. The van der Waals surface area contributed by atoms with Crippen LogP contribution in [-0.2, 0) is 0 Å². The summed E-state index contributed by atoms with van der Waals surface area (Å²) in [5, 5.41) is 13.2. The fourth-order valence-electron chi connectivity index (χ4n) is 2.89. The van der Waals surface area contributed by atoms with Crippen LogP contribution in [0.3, 0.4) is 0 Å². The van der Waals surface area contributed by atoms with Crippen molar-refractivity contribution in [2.24, 2.45) is 0 Å². The lowest BCUT2D eigenvalue weighted by molar-refractivity contribution is 0.0889. The van der Waals surface area contributed by atoms with E-state index in [4.69, 9.17) is 0 Å².